The van der Waals surface area contributed by atoms with Crippen molar-refractivity contribution in [3.05, 3.63) is 35.6 Å². The lowest BCUT2D eigenvalue weighted by Crippen LogP contribution is -2.16. The Morgan fingerprint density at radius 3 is 2.71 bits per heavy atom. The summed E-state index contributed by atoms with van der Waals surface area (Å²) < 4.78 is 26.4. The molecule has 14 heavy (non-hydrogen) atoms. The van der Waals surface area contributed by atoms with Gasteiger partial charge >= 0.3 is 0 Å². The Morgan fingerprint density at radius 2 is 2.07 bits per heavy atom. The van der Waals surface area contributed by atoms with Gasteiger partial charge in [-0.3, -0.25) is 0 Å². The van der Waals surface area contributed by atoms with Crippen molar-refractivity contribution in [1.29, 1.82) is 0 Å². The Balaban J connectivity index is 2.07. The highest BCUT2D eigenvalue weighted by Crippen LogP contribution is 2.19. The predicted octanol–water partition coefficient (Wildman–Crippen LogP) is 1.93. The number of rotatable bonds is 2. The van der Waals surface area contributed by atoms with Gasteiger partial charge in [0.1, 0.15) is 12.0 Å². The Hall–Kier alpha value is -0.960. The van der Waals surface area contributed by atoms with E-state index in [2.05, 4.69) is 5.32 Å². The molecule has 2 unspecified atom stereocenters. The van der Waals surface area contributed by atoms with Crippen LogP contribution in [-0.2, 0) is 6.42 Å². The van der Waals surface area contributed by atoms with Crippen molar-refractivity contribution < 1.29 is 8.78 Å². The molecule has 1 heterocycles. The first-order chi connectivity index (χ1) is 6.77. The van der Waals surface area contributed by atoms with Gasteiger partial charge in [0, 0.05) is 19.0 Å². The van der Waals surface area contributed by atoms with Crippen LogP contribution in [0, 0.1) is 11.7 Å². The maximum atomic E-state index is 13.2. The van der Waals surface area contributed by atoms with Crippen LogP contribution in [0.1, 0.15) is 5.56 Å². The standard InChI is InChI=1S/C11H13F2N/c12-10-4-2-1-3-8(10)5-9-6-14-7-11(9)13/h1-4,9,11,14H,5-7H2. The van der Waals surface area contributed by atoms with Gasteiger partial charge in [0.25, 0.3) is 0 Å². The maximum Gasteiger partial charge on any atom is 0.126 e. The second kappa shape index (κ2) is 4.05. The molecule has 0 spiro atoms. The average molecular weight is 197 g/mol. The first-order valence-electron chi connectivity index (χ1n) is 4.85. The van der Waals surface area contributed by atoms with Crippen molar-refractivity contribution in [3.8, 4) is 0 Å². The van der Waals surface area contributed by atoms with Crippen LogP contribution < -0.4 is 5.32 Å². The molecule has 0 aromatic heterocycles. The second-order valence-corrected chi connectivity index (χ2v) is 3.73. The molecule has 2 rings (SSSR count). The summed E-state index contributed by atoms with van der Waals surface area (Å²) in [6.45, 7) is 1.05. The van der Waals surface area contributed by atoms with E-state index in [9.17, 15) is 8.78 Å². The SMILES string of the molecule is Fc1ccccc1CC1CNCC1F. The first-order valence-corrected chi connectivity index (χ1v) is 4.85. The van der Waals surface area contributed by atoms with Gasteiger partial charge in [0.15, 0.2) is 0 Å². The fourth-order valence-electron chi connectivity index (χ4n) is 1.85. The van der Waals surface area contributed by atoms with Crippen molar-refractivity contribution in [3.63, 3.8) is 0 Å². The predicted molar refractivity (Wildman–Crippen MR) is 51.4 cm³/mol. The fourth-order valence-corrected chi connectivity index (χ4v) is 1.85. The van der Waals surface area contributed by atoms with Gasteiger partial charge in [-0.1, -0.05) is 18.2 Å². The van der Waals surface area contributed by atoms with E-state index in [1.807, 2.05) is 0 Å². The van der Waals surface area contributed by atoms with Crippen LogP contribution in [0.15, 0.2) is 24.3 Å². The van der Waals surface area contributed by atoms with Crippen molar-refractivity contribution in [2.75, 3.05) is 13.1 Å². The third-order valence-electron chi connectivity index (χ3n) is 2.70. The molecule has 0 radical (unpaired) electrons. The third-order valence-corrected chi connectivity index (χ3v) is 2.70. The Kier molecular flexibility index (Phi) is 2.77. The van der Waals surface area contributed by atoms with E-state index in [1.54, 1.807) is 18.2 Å². The summed E-state index contributed by atoms with van der Waals surface area (Å²) in [5.41, 5.74) is 0.615. The van der Waals surface area contributed by atoms with Gasteiger partial charge in [-0.25, -0.2) is 8.78 Å². The van der Waals surface area contributed by atoms with Gasteiger partial charge in [-0.05, 0) is 18.1 Å². The smallest absolute Gasteiger partial charge is 0.126 e. The number of hydrogen-bond acceptors (Lipinski definition) is 1. The van der Waals surface area contributed by atoms with E-state index in [1.165, 1.54) is 6.07 Å². The van der Waals surface area contributed by atoms with Crippen LogP contribution in [0.4, 0.5) is 8.78 Å². The molecule has 0 aliphatic carbocycles. The van der Waals surface area contributed by atoms with E-state index in [0.29, 0.717) is 25.1 Å². The monoisotopic (exact) mass is 197 g/mol. The van der Waals surface area contributed by atoms with Gasteiger partial charge in [0.05, 0.1) is 0 Å². The van der Waals surface area contributed by atoms with E-state index in [4.69, 9.17) is 0 Å². The van der Waals surface area contributed by atoms with Crippen LogP contribution in [-0.4, -0.2) is 19.3 Å². The van der Waals surface area contributed by atoms with Gasteiger partial charge in [0.2, 0.25) is 0 Å². The van der Waals surface area contributed by atoms with E-state index >= 15 is 0 Å². The normalized spacial score (nSPS) is 26.7. The summed E-state index contributed by atoms with van der Waals surface area (Å²) in [4.78, 5) is 0. The van der Waals surface area contributed by atoms with Crippen LogP contribution in [0.25, 0.3) is 0 Å². The quantitative estimate of drug-likeness (QED) is 0.763. The molecule has 0 saturated carbocycles. The highest BCUT2D eigenvalue weighted by molar-refractivity contribution is 5.18. The highest BCUT2D eigenvalue weighted by Gasteiger charge is 2.27. The molecule has 1 aromatic carbocycles. The molecule has 1 aliphatic heterocycles. The molecular weight excluding hydrogens is 184 g/mol. The molecule has 76 valence electrons. The molecule has 1 saturated heterocycles. The zero-order valence-electron chi connectivity index (χ0n) is 7.84. The topological polar surface area (TPSA) is 12.0 Å². The lowest BCUT2D eigenvalue weighted by atomic mass is 9.97. The Morgan fingerprint density at radius 1 is 1.29 bits per heavy atom. The van der Waals surface area contributed by atoms with E-state index in [0.717, 1.165) is 0 Å². The number of halogens is 2. The van der Waals surface area contributed by atoms with Gasteiger partial charge in [-0.15, -0.1) is 0 Å². The minimum Gasteiger partial charge on any atom is -0.313 e. The van der Waals surface area contributed by atoms with E-state index < -0.39 is 6.17 Å². The molecule has 2 atom stereocenters. The zero-order chi connectivity index (χ0) is 9.97. The molecular formula is C11H13F2N. The highest BCUT2D eigenvalue weighted by atomic mass is 19.1. The lowest BCUT2D eigenvalue weighted by Gasteiger charge is -2.11. The molecule has 0 bridgehead atoms. The van der Waals surface area contributed by atoms with Gasteiger partial charge < -0.3 is 5.32 Å². The van der Waals surface area contributed by atoms with E-state index in [-0.39, 0.29) is 11.7 Å². The summed E-state index contributed by atoms with van der Waals surface area (Å²) in [5, 5.41) is 2.96. The summed E-state index contributed by atoms with van der Waals surface area (Å²) in [5.74, 6) is -0.307. The average Bonchev–Trinajstić information content (AvgIpc) is 2.56. The summed E-state index contributed by atoms with van der Waals surface area (Å²) in [6, 6.07) is 6.58. The van der Waals surface area contributed by atoms with Crippen molar-refractivity contribution in [1.82, 2.24) is 5.32 Å². The number of nitrogens with one attached hydrogen (secondary N) is 1. The number of alkyl halides is 1. The van der Waals surface area contributed by atoms with Crippen LogP contribution in [0.3, 0.4) is 0 Å². The molecule has 1 nitrogen and oxygen atoms in total. The summed E-state index contributed by atoms with van der Waals surface area (Å²) in [6.07, 6.45) is -0.351. The van der Waals surface area contributed by atoms with Crippen LogP contribution in [0.5, 0.6) is 0 Å². The number of hydrogen-bond donors (Lipinski definition) is 1. The minimum atomic E-state index is -0.838. The maximum absolute atomic E-state index is 13.2. The van der Waals surface area contributed by atoms with Gasteiger partial charge in [-0.2, -0.15) is 0 Å². The van der Waals surface area contributed by atoms with Crippen molar-refractivity contribution >= 4 is 0 Å². The van der Waals surface area contributed by atoms with Crippen molar-refractivity contribution in [2.24, 2.45) is 5.92 Å². The minimum absolute atomic E-state index is 0.0769. The zero-order valence-corrected chi connectivity index (χ0v) is 7.84. The molecule has 1 aliphatic rings. The Bertz CT molecular complexity index is 314. The molecule has 1 N–H and O–H groups in total. The van der Waals surface area contributed by atoms with Crippen molar-refractivity contribution in [2.45, 2.75) is 12.6 Å². The third kappa shape index (κ3) is 1.93. The second-order valence-electron chi connectivity index (χ2n) is 3.73. The summed E-state index contributed by atoms with van der Waals surface area (Å²) in [7, 11) is 0. The van der Waals surface area contributed by atoms with Crippen LogP contribution >= 0.6 is 0 Å². The summed E-state index contributed by atoms with van der Waals surface area (Å²) >= 11 is 0. The largest absolute Gasteiger partial charge is 0.313 e. The first kappa shape index (κ1) is 9.59. The molecule has 1 fully saturated rings. The molecule has 3 heteroatoms. The number of benzene rings is 1. The molecule has 1 aromatic rings. The van der Waals surface area contributed by atoms with Crippen LogP contribution in [0.2, 0.25) is 0 Å². The Labute approximate surface area is 82.1 Å². The lowest BCUT2D eigenvalue weighted by molar-refractivity contribution is 0.281. The molecule has 0 amide bonds. The fraction of sp³-hybridized carbons (Fsp3) is 0.455.